The van der Waals surface area contributed by atoms with E-state index in [0.29, 0.717) is 12.1 Å². The van der Waals surface area contributed by atoms with Crippen molar-refractivity contribution in [2.24, 2.45) is 0 Å². The average molecular weight is 371 g/mol. The summed E-state index contributed by atoms with van der Waals surface area (Å²) in [5, 5.41) is 20.0. The van der Waals surface area contributed by atoms with Crippen LogP contribution in [0.3, 0.4) is 0 Å². The molecule has 1 aromatic carbocycles. The second-order valence-electron chi connectivity index (χ2n) is 7.77. The minimum atomic E-state index is -0.960. The number of carboxylic acids is 1. The van der Waals surface area contributed by atoms with Crippen LogP contribution in [0.5, 0.6) is 5.75 Å². The number of phenolic OH excluding ortho intramolecular Hbond substituents is 1. The summed E-state index contributed by atoms with van der Waals surface area (Å²) >= 11 is 0. The van der Waals surface area contributed by atoms with Crippen LogP contribution >= 0.6 is 0 Å². The summed E-state index contributed by atoms with van der Waals surface area (Å²) in [5.41, 5.74) is 2.17. The number of H-pyrrole nitrogens is 1. The molecule has 2 fully saturated rings. The molecule has 0 aliphatic carbocycles. The molecule has 0 spiro atoms. The van der Waals surface area contributed by atoms with Crippen molar-refractivity contribution in [1.29, 1.82) is 0 Å². The van der Waals surface area contributed by atoms with Crippen LogP contribution in [0.4, 0.5) is 0 Å². The fourth-order valence-electron chi connectivity index (χ4n) is 4.90. The van der Waals surface area contributed by atoms with Crippen LogP contribution < -0.4 is 0 Å². The number of nitrogens with one attached hydrogen (secondary N) is 1. The van der Waals surface area contributed by atoms with Gasteiger partial charge in [0.25, 0.3) is 0 Å². The number of carbonyl (C=O) groups is 2. The maximum Gasteiger partial charge on any atom is 0.323 e. The van der Waals surface area contributed by atoms with E-state index in [1.165, 1.54) is 11.8 Å². The van der Waals surface area contributed by atoms with E-state index >= 15 is 0 Å². The van der Waals surface area contributed by atoms with Gasteiger partial charge in [-0.1, -0.05) is 0 Å². The fourth-order valence-corrected chi connectivity index (χ4v) is 4.90. The fraction of sp³-hybridized carbons (Fsp3) is 0.500. The summed E-state index contributed by atoms with van der Waals surface area (Å²) < 4.78 is 0. The summed E-state index contributed by atoms with van der Waals surface area (Å²) in [5.74, 6) is -0.864. The van der Waals surface area contributed by atoms with Crippen LogP contribution in [0.15, 0.2) is 24.4 Å². The molecule has 0 saturated carbocycles. The van der Waals surface area contributed by atoms with Gasteiger partial charge in [0.1, 0.15) is 12.3 Å². The first-order valence-electron chi connectivity index (χ1n) is 9.46. The zero-order valence-corrected chi connectivity index (χ0v) is 15.4. The molecule has 2 aliphatic heterocycles. The lowest BCUT2D eigenvalue weighted by molar-refractivity contribution is -0.146. The predicted molar refractivity (Wildman–Crippen MR) is 100 cm³/mol. The molecule has 27 heavy (non-hydrogen) atoms. The summed E-state index contributed by atoms with van der Waals surface area (Å²) in [6, 6.07) is 6.06. The minimum absolute atomic E-state index is 0.000589. The number of aromatic hydroxyl groups is 1. The maximum absolute atomic E-state index is 11.9. The Balaban J connectivity index is 1.51. The Labute approximate surface area is 157 Å². The highest BCUT2D eigenvalue weighted by molar-refractivity contribution is 5.84. The molecule has 7 heteroatoms. The lowest BCUT2D eigenvalue weighted by Gasteiger charge is -2.42. The summed E-state index contributed by atoms with van der Waals surface area (Å²) in [6.45, 7) is 2.03. The van der Waals surface area contributed by atoms with E-state index in [-0.39, 0.29) is 24.2 Å². The number of aromatic amines is 1. The molecule has 1 amide bonds. The Morgan fingerprint density at radius 2 is 1.96 bits per heavy atom. The second-order valence-corrected chi connectivity index (χ2v) is 7.77. The Bertz CT molecular complexity index is 863. The first kappa shape index (κ1) is 17.9. The van der Waals surface area contributed by atoms with Crippen LogP contribution in [0.25, 0.3) is 10.9 Å². The lowest BCUT2D eigenvalue weighted by atomic mass is 9.95. The lowest BCUT2D eigenvalue weighted by Crippen LogP contribution is -2.52. The van der Waals surface area contributed by atoms with Gasteiger partial charge in [-0.25, -0.2) is 0 Å². The molecule has 0 radical (unpaired) electrons. The molecule has 2 aromatic rings. The van der Waals surface area contributed by atoms with Crippen LogP contribution in [-0.2, 0) is 16.1 Å². The number of carbonyl (C=O) groups excluding carboxylic acids is 1. The number of fused-ring (bicyclic) bond motifs is 3. The number of benzene rings is 1. The number of nitrogens with zero attached hydrogens (tertiary/aromatic N) is 2. The van der Waals surface area contributed by atoms with Crippen molar-refractivity contribution in [2.75, 3.05) is 6.54 Å². The molecule has 7 nitrogen and oxygen atoms in total. The molecule has 144 valence electrons. The van der Waals surface area contributed by atoms with Gasteiger partial charge >= 0.3 is 5.97 Å². The van der Waals surface area contributed by atoms with E-state index in [1.807, 2.05) is 12.3 Å². The second kappa shape index (κ2) is 6.88. The predicted octanol–water partition coefficient (Wildman–Crippen LogP) is 2.30. The van der Waals surface area contributed by atoms with E-state index < -0.39 is 5.97 Å². The van der Waals surface area contributed by atoms with Gasteiger partial charge in [-0.15, -0.1) is 0 Å². The minimum Gasteiger partial charge on any atom is -0.508 e. The van der Waals surface area contributed by atoms with E-state index in [2.05, 4.69) is 9.88 Å². The normalized spacial score (nSPS) is 25.0. The Hall–Kier alpha value is -2.54. The molecule has 0 unspecified atom stereocenters. The van der Waals surface area contributed by atoms with E-state index in [0.717, 1.165) is 48.7 Å². The number of amides is 1. The van der Waals surface area contributed by atoms with Crippen LogP contribution in [0.1, 0.15) is 38.2 Å². The molecule has 3 atom stereocenters. The first-order valence-corrected chi connectivity index (χ1v) is 9.46. The molecule has 2 saturated heterocycles. The molecule has 2 aliphatic rings. The van der Waals surface area contributed by atoms with Gasteiger partial charge in [0.05, 0.1) is 0 Å². The molecule has 1 aromatic heterocycles. The van der Waals surface area contributed by atoms with Crippen molar-refractivity contribution in [3.8, 4) is 5.75 Å². The van der Waals surface area contributed by atoms with Gasteiger partial charge in [0.2, 0.25) is 5.91 Å². The maximum atomic E-state index is 11.9. The number of carboxylic acid groups (broad SMARTS) is 1. The summed E-state index contributed by atoms with van der Waals surface area (Å²) in [6.07, 6.45) is 5.79. The van der Waals surface area contributed by atoms with Gasteiger partial charge < -0.3 is 20.1 Å². The number of aliphatic carboxylic acids is 1. The van der Waals surface area contributed by atoms with Crippen molar-refractivity contribution in [2.45, 2.75) is 57.3 Å². The average Bonchev–Trinajstić information content (AvgIpc) is 3.09. The van der Waals surface area contributed by atoms with Gasteiger partial charge in [-0.2, -0.15) is 0 Å². The zero-order chi connectivity index (χ0) is 19.1. The van der Waals surface area contributed by atoms with Gasteiger partial charge in [-0.05, 0) is 49.4 Å². The number of hydrogen-bond acceptors (Lipinski definition) is 4. The highest BCUT2D eigenvalue weighted by Gasteiger charge is 2.43. The highest BCUT2D eigenvalue weighted by Crippen LogP contribution is 2.39. The standard InChI is InChI=1S/C20H25N3O4/c1-12(24)22(11-20(26)27)16-6-14-2-3-15(7-16)23(14)10-13-9-21-19-5-4-17(25)8-18(13)19/h4-5,8-9,14-16,21,25H,2-3,6-7,10-11H2,1H3,(H,26,27)/t14-,15+,16+. The molecule has 2 bridgehead atoms. The third-order valence-electron chi connectivity index (χ3n) is 6.11. The smallest absolute Gasteiger partial charge is 0.323 e. The molecule has 4 rings (SSSR count). The van der Waals surface area contributed by atoms with E-state index in [1.54, 1.807) is 12.1 Å². The number of phenols is 1. The van der Waals surface area contributed by atoms with Gasteiger partial charge in [0, 0.05) is 48.7 Å². The largest absolute Gasteiger partial charge is 0.508 e. The quantitative estimate of drug-likeness (QED) is 0.749. The SMILES string of the molecule is CC(=O)N(CC(=O)O)[C@H]1C[C@H]2CC[C@@H](C1)N2Cc1c[nH]c2ccc(O)cc12. The summed E-state index contributed by atoms with van der Waals surface area (Å²) in [4.78, 5) is 30.4. The number of rotatable bonds is 5. The number of aromatic nitrogens is 1. The molecule has 3 heterocycles. The highest BCUT2D eigenvalue weighted by atomic mass is 16.4. The van der Waals surface area contributed by atoms with Gasteiger partial charge in [-0.3, -0.25) is 14.5 Å². The van der Waals surface area contributed by atoms with Crippen molar-refractivity contribution in [1.82, 2.24) is 14.8 Å². The van der Waals surface area contributed by atoms with Crippen LogP contribution in [0, 0.1) is 0 Å². The van der Waals surface area contributed by atoms with Crippen molar-refractivity contribution in [3.05, 3.63) is 30.0 Å². The number of piperidine rings is 1. The van der Waals surface area contributed by atoms with Crippen LogP contribution in [-0.4, -0.2) is 61.5 Å². The zero-order valence-electron chi connectivity index (χ0n) is 15.4. The monoisotopic (exact) mass is 371 g/mol. The molecular formula is C20H25N3O4. The molecular weight excluding hydrogens is 346 g/mol. The Morgan fingerprint density at radius 3 is 2.59 bits per heavy atom. The van der Waals surface area contributed by atoms with Crippen molar-refractivity contribution >= 4 is 22.8 Å². The van der Waals surface area contributed by atoms with Crippen molar-refractivity contribution in [3.63, 3.8) is 0 Å². The number of hydrogen-bond donors (Lipinski definition) is 3. The van der Waals surface area contributed by atoms with E-state index in [4.69, 9.17) is 5.11 Å². The first-order chi connectivity index (χ1) is 12.9. The Kier molecular flexibility index (Phi) is 4.55. The van der Waals surface area contributed by atoms with Crippen molar-refractivity contribution < 1.29 is 19.8 Å². The third kappa shape index (κ3) is 3.39. The van der Waals surface area contributed by atoms with E-state index in [9.17, 15) is 14.7 Å². The van der Waals surface area contributed by atoms with Gasteiger partial charge in [0.15, 0.2) is 0 Å². The Morgan fingerprint density at radius 1 is 1.26 bits per heavy atom. The molecule has 3 N–H and O–H groups in total. The summed E-state index contributed by atoms with van der Waals surface area (Å²) in [7, 11) is 0. The topological polar surface area (TPSA) is 96.9 Å². The van der Waals surface area contributed by atoms with Crippen LogP contribution in [0.2, 0.25) is 0 Å². The third-order valence-corrected chi connectivity index (χ3v) is 6.11.